The third kappa shape index (κ3) is 27.8. The summed E-state index contributed by atoms with van der Waals surface area (Å²) in [4.78, 5) is 25.6. The van der Waals surface area contributed by atoms with Crippen molar-refractivity contribution in [2.24, 2.45) is 0 Å². The van der Waals surface area contributed by atoms with E-state index in [1.807, 2.05) is 0 Å². The van der Waals surface area contributed by atoms with E-state index in [1.165, 1.54) is 122 Å². The number of ether oxygens (including phenoxy) is 2. The van der Waals surface area contributed by atoms with Crippen molar-refractivity contribution >= 4 is 11.9 Å². The van der Waals surface area contributed by atoms with Gasteiger partial charge in [0.2, 0.25) is 0 Å². The third-order valence-electron chi connectivity index (χ3n) is 8.61. The topological polar surface area (TPSA) is 52.6 Å². The molecule has 0 amide bonds. The van der Waals surface area contributed by atoms with Gasteiger partial charge in [-0.1, -0.05) is 175 Å². The van der Waals surface area contributed by atoms with Crippen LogP contribution in [0.15, 0.2) is 0 Å². The van der Waals surface area contributed by atoms with Gasteiger partial charge in [-0.2, -0.15) is 0 Å². The van der Waals surface area contributed by atoms with Gasteiger partial charge in [-0.25, -0.2) is 0 Å². The molecule has 0 aromatic carbocycles. The first-order valence-electron chi connectivity index (χ1n) is 19.0. The second kappa shape index (κ2) is 32.8. The molecule has 0 aromatic rings. The van der Waals surface area contributed by atoms with Gasteiger partial charge in [-0.3, -0.25) is 9.59 Å². The van der Waals surface area contributed by atoms with E-state index < -0.39 is 0 Å². The van der Waals surface area contributed by atoms with Gasteiger partial charge in [0.1, 0.15) is 12.2 Å². The fourth-order valence-corrected chi connectivity index (χ4v) is 5.84. The molecule has 2 atom stereocenters. The lowest BCUT2D eigenvalue weighted by Gasteiger charge is -2.27. The highest BCUT2D eigenvalue weighted by molar-refractivity contribution is 5.70. The second-order valence-electron chi connectivity index (χ2n) is 12.9. The predicted octanol–water partition coefficient (Wildman–Crippen LogP) is 12.6. The van der Waals surface area contributed by atoms with Gasteiger partial charge in [0.25, 0.3) is 0 Å². The summed E-state index contributed by atoms with van der Waals surface area (Å²) in [6.07, 6.45) is 33.6. The number of esters is 2. The molecule has 4 heteroatoms. The van der Waals surface area contributed by atoms with Crippen LogP contribution < -0.4 is 0 Å². The molecule has 0 heterocycles. The van der Waals surface area contributed by atoms with Gasteiger partial charge in [-0.15, -0.1) is 0 Å². The number of rotatable bonds is 33. The molecule has 0 saturated heterocycles. The number of unbranched alkanes of at least 4 members (excludes halogenated alkanes) is 22. The molecule has 2 unspecified atom stereocenters. The maximum Gasteiger partial charge on any atom is 0.306 e. The largest absolute Gasteiger partial charge is 0.458 e. The van der Waals surface area contributed by atoms with E-state index in [-0.39, 0.29) is 24.1 Å². The maximum absolute atomic E-state index is 12.9. The van der Waals surface area contributed by atoms with Crippen molar-refractivity contribution in [3.05, 3.63) is 0 Å². The molecule has 0 fully saturated rings. The Morgan fingerprint density at radius 3 is 0.976 bits per heavy atom. The van der Waals surface area contributed by atoms with Crippen LogP contribution in [-0.4, -0.2) is 24.1 Å². The van der Waals surface area contributed by atoms with Crippen molar-refractivity contribution in [1.29, 1.82) is 0 Å². The van der Waals surface area contributed by atoms with E-state index in [0.717, 1.165) is 57.8 Å². The third-order valence-corrected chi connectivity index (χ3v) is 8.61. The number of carbonyl (C=O) groups is 2. The Morgan fingerprint density at radius 2 is 0.643 bits per heavy atom. The van der Waals surface area contributed by atoms with Crippen LogP contribution in [0.1, 0.15) is 220 Å². The lowest BCUT2D eigenvalue weighted by Crippen LogP contribution is -2.35. The number of hydrogen-bond donors (Lipinski definition) is 0. The smallest absolute Gasteiger partial charge is 0.306 e. The highest BCUT2D eigenvalue weighted by Gasteiger charge is 2.27. The lowest BCUT2D eigenvalue weighted by molar-refractivity contribution is -0.169. The zero-order chi connectivity index (χ0) is 30.9. The first-order chi connectivity index (χ1) is 20.6. The highest BCUT2D eigenvalue weighted by Crippen LogP contribution is 2.21. The average molecular weight is 595 g/mol. The maximum atomic E-state index is 12.9. The Morgan fingerprint density at radius 1 is 0.357 bits per heavy atom. The molecule has 0 bridgehead atoms. The van der Waals surface area contributed by atoms with Crippen LogP contribution in [0.2, 0.25) is 0 Å². The zero-order valence-electron chi connectivity index (χ0n) is 29.0. The standard InChI is InChI=1S/C38H74O4/c1-5-9-12-15-18-20-23-26-29-33-37(39)41-35(31-8-4)36(32-28-25-22-17-14-11-7-3)42-38(40)34-30-27-24-21-19-16-13-10-6-2/h35-36H,5-34H2,1-4H3. The zero-order valence-corrected chi connectivity index (χ0v) is 29.0. The van der Waals surface area contributed by atoms with Crippen molar-refractivity contribution in [2.45, 2.75) is 233 Å². The average Bonchev–Trinajstić information content (AvgIpc) is 2.98. The van der Waals surface area contributed by atoms with E-state index in [1.54, 1.807) is 0 Å². The second-order valence-corrected chi connectivity index (χ2v) is 12.9. The summed E-state index contributed by atoms with van der Waals surface area (Å²) < 4.78 is 12.1. The van der Waals surface area contributed by atoms with Gasteiger partial charge >= 0.3 is 11.9 Å². The Hall–Kier alpha value is -1.06. The minimum absolute atomic E-state index is 0.109. The molecule has 0 aliphatic carbocycles. The van der Waals surface area contributed by atoms with Crippen LogP contribution in [0, 0.1) is 0 Å². The van der Waals surface area contributed by atoms with Crippen molar-refractivity contribution in [3.8, 4) is 0 Å². The highest BCUT2D eigenvalue weighted by atomic mass is 16.6. The molecular formula is C38H74O4. The number of hydrogen-bond acceptors (Lipinski definition) is 4. The summed E-state index contributed by atoms with van der Waals surface area (Å²) in [6, 6.07) is 0. The van der Waals surface area contributed by atoms with E-state index in [9.17, 15) is 9.59 Å². The molecule has 4 nitrogen and oxygen atoms in total. The first-order valence-corrected chi connectivity index (χ1v) is 19.0. The summed E-state index contributed by atoms with van der Waals surface area (Å²) in [5, 5.41) is 0. The normalized spacial score (nSPS) is 12.8. The van der Waals surface area contributed by atoms with Crippen molar-refractivity contribution in [2.75, 3.05) is 0 Å². The van der Waals surface area contributed by atoms with Crippen molar-refractivity contribution in [3.63, 3.8) is 0 Å². The minimum Gasteiger partial charge on any atom is -0.458 e. The van der Waals surface area contributed by atoms with E-state index in [2.05, 4.69) is 27.7 Å². The molecule has 0 aromatic heterocycles. The molecule has 0 N–H and O–H groups in total. The van der Waals surface area contributed by atoms with Gasteiger partial charge in [0.15, 0.2) is 0 Å². The molecule has 0 radical (unpaired) electrons. The van der Waals surface area contributed by atoms with E-state index in [0.29, 0.717) is 12.8 Å². The quantitative estimate of drug-likeness (QED) is 0.0560. The van der Waals surface area contributed by atoms with Crippen molar-refractivity contribution < 1.29 is 19.1 Å². The molecule has 0 aliphatic heterocycles. The van der Waals surface area contributed by atoms with Crippen LogP contribution in [0.25, 0.3) is 0 Å². The fraction of sp³-hybridized carbons (Fsp3) is 0.947. The van der Waals surface area contributed by atoms with E-state index >= 15 is 0 Å². The Balaban J connectivity index is 4.61. The van der Waals surface area contributed by atoms with E-state index in [4.69, 9.17) is 9.47 Å². The Labute approximate surface area is 263 Å². The summed E-state index contributed by atoms with van der Waals surface area (Å²) in [5.74, 6) is -0.224. The van der Waals surface area contributed by atoms with Gasteiger partial charge < -0.3 is 9.47 Å². The Kier molecular flexibility index (Phi) is 32.0. The molecule has 0 spiro atoms. The number of carbonyl (C=O) groups excluding carboxylic acids is 2. The van der Waals surface area contributed by atoms with Crippen LogP contribution >= 0.6 is 0 Å². The van der Waals surface area contributed by atoms with Crippen LogP contribution in [0.3, 0.4) is 0 Å². The van der Waals surface area contributed by atoms with Crippen LogP contribution in [0.4, 0.5) is 0 Å². The SMILES string of the molecule is CCCCCCCCCCCC(=O)OC(CCC)C(CCCCCCCCC)OC(=O)CCCCCCCCCCC. The molecule has 42 heavy (non-hydrogen) atoms. The molecule has 250 valence electrons. The van der Waals surface area contributed by atoms with Crippen LogP contribution in [0.5, 0.6) is 0 Å². The summed E-state index contributed by atoms with van der Waals surface area (Å²) in [6.45, 7) is 8.88. The monoisotopic (exact) mass is 595 g/mol. The summed E-state index contributed by atoms with van der Waals surface area (Å²) in [7, 11) is 0. The molecular weight excluding hydrogens is 520 g/mol. The molecule has 0 saturated carbocycles. The minimum atomic E-state index is -0.312. The summed E-state index contributed by atoms with van der Waals surface area (Å²) in [5.41, 5.74) is 0. The summed E-state index contributed by atoms with van der Waals surface area (Å²) >= 11 is 0. The predicted molar refractivity (Wildman–Crippen MR) is 181 cm³/mol. The molecule has 0 aliphatic rings. The molecule has 0 rings (SSSR count). The van der Waals surface area contributed by atoms with Gasteiger partial charge in [-0.05, 0) is 32.1 Å². The Bertz CT molecular complexity index is 575. The first kappa shape index (κ1) is 40.9. The van der Waals surface area contributed by atoms with Crippen LogP contribution in [-0.2, 0) is 19.1 Å². The lowest BCUT2D eigenvalue weighted by atomic mass is 10.0. The fourth-order valence-electron chi connectivity index (χ4n) is 5.84. The van der Waals surface area contributed by atoms with Gasteiger partial charge in [0, 0.05) is 12.8 Å². The van der Waals surface area contributed by atoms with Crippen molar-refractivity contribution in [1.82, 2.24) is 0 Å². The van der Waals surface area contributed by atoms with Gasteiger partial charge in [0.05, 0.1) is 0 Å².